The fourth-order valence-corrected chi connectivity index (χ4v) is 7.21. The number of hydrogen-bond acceptors (Lipinski definition) is 7. The third-order valence-corrected chi connectivity index (χ3v) is 10.1. The van der Waals surface area contributed by atoms with Gasteiger partial charge in [-0.25, -0.2) is 17.4 Å². The Labute approximate surface area is 276 Å². The van der Waals surface area contributed by atoms with Crippen molar-refractivity contribution in [2.24, 2.45) is 0 Å². The van der Waals surface area contributed by atoms with Crippen LogP contribution in [0.1, 0.15) is 19.4 Å². The van der Waals surface area contributed by atoms with Crippen LogP contribution < -0.4 is 14.8 Å². The van der Waals surface area contributed by atoms with Gasteiger partial charge in [0.2, 0.25) is 0 Å². The van der Waals surface area contributed by atoms with Crippen molar-refractivity contribution < 1.29 is 17.9 Å². The quantitative estimate of drug-likeness (QED) is 0.179. The molecule has 47 heavy (non-hydrogen) atoms. The van der Waals surface area contributed by atoms with Crippen molar-refractivity contribution in [2.75, 3.05) is 46.4 Å². The SMILES string of the molecule is CC.COc1cc(-c2cnc3c(c2)c(-c2ccc4[nH]ccc4c2)cn3S(=O)(=O)c2ccc(C)cc2)ccc1OCCN1CCNCC1. The molecule has 0 amide bonds. The monoisotopic (exact) mass is 651 g/mol. The molecule has 2 N–H and O–H groups in total. The molecule has 6 aromatic rings. The maximum atomic E-state index is 13.9. The van der Waals surface area contributed by atoms with Crippen LogP contribution in [0.2, 0.25) is 0 Å². The lowest BCUT2D eigenvalue weighted by Crippen LogP contribution is -2.44. The predicted octanol–water partition coefficient (Wildman–Crippen LogP) is 6.72. The second-order valence-electron chi connectivity index (χ2n) is 11.3. The van der Waals surface area contributed by atoms with Gasteiger partial charge in [-0.05, 0) is 72.0 Å². The van der Waals surface area contributed by atoms with Crippen LogP contribution in [0.5, 0.6) is 11.5 Å². The number of H-pyrrole nitrogens is 1. The van der Waals surface area contributed by atoms with E-state index in [1.165, 1.54) is 3.97 Å². The number of benzene rings is 3. The lowest BCUT2D eigenvalue weighted by molar-refractivity contribution is 0.188. The molecule has 0 bridgehead atoms. The number of nitrogens with one attached hydrogen (secondary N) is 2. The van der Waals surface area contributed by atoms with E-state index in [4.69, 9.17) is 14.5 Å². The van der Waals surface area contributed by atoms with Gasteiger partial charge in [0.05, 0.1) is 12.0 Å². The largest absolute Gasteiger partial charge is 0.493 e. The van der Waals surface area contributed by atoms with Crippen LogP contribution in [0.4, 0.5) is 0 Å². The molecule has 0 aliphatic carbocycles. The molecule has 1 aliphatic heterocycles. The Hall–Kier alpha value is -4.64. The molecule has 0 atom stereocenters. The Balaban J connectivity index is 0.00000190. The van der Waals surface area contributed by atoms with Crippen molar-refractivity contribution in [3.05, 3.63) is 97.0 Å². The molecular weight excluding hydrogens is 611 g/mol. The molecule has 0 spiro atoms. The van der Waals surface area contributed by atoms with Gasteiger partial charge in [0.1, 0.15) is 6.61 Å². The first-order chi connectivity index (χ1) is 22.9. The summed E-state index contributed by atoms with van der Waals surface area (Å²) in [6.45, 7) is 11.4. The molecule has 1 saturated heterocycles. The van der Waals surface area contributed by atoms with E-state index < -0.39 is 10.0 Å². The van der Waals surface area contributed by atoms with Crippen molar-refractivity contribution in [1.29, 1.82) is 0 Å². The van der Waals surface area contributed by atoms with Crippen LogP contribution in [0, 0.1) is 6.92 Å². The van der Waals surface area contributed by atoms with E-state index in [2.05, 4.69) is 21.3 Å². The third kappa shape index (κ3) is 6.62. The van der Waals surface area contributed by atoms with E-state index in [1.54, 1.807) is 43.8 Å². The van der Waals surface area contributed by atoms with E-state index in [0.29, 0.717) is 23.8 Å². The van der Waals surface area contributed by atoms with Gasteiger partial charge < -0.3 is 19.8 Å². The van der Waals surface area contributed by atoms with Gasteiger partial charge in [-0.15, -0.1) is 0 Å². The fourth-order valence-electron chi connectivity index (χ4n) is 5.88. The molecule has 0 saturated carbocycles. The molecule has 3 aromatic heterocycles. The Morgan fingerprint density at radius 3 is 2.40 bits per heavy atom. The van der Waals surface area contributed by atoms with Crippen molar-refractivity contribution >= 4 is 32.0 Å². The second kappa shape index (κ2) is 14.0. The highest BCUT2D eigenvalue weighted by Crippen LogP contribution is 2.38. The summed E-state index contributed by atoms with van der Waals surface area (Å²) in [5.74, 6) is 1.31. The molecule has 3 aromatic carbocycles. The number of aromatic nitrogens is 3. The van der Waals surface area contributed by atoms with Crippen molar-refractivity contribution in [2.45, 2.75) is 25.7 Å². The maximum Gasteiger partial charge on any atom is 0.269 e. The zero-order chi connectivity index (χ0) is 33.0. The van der Waals surface area contributed by atoms with E-state index in [-0.39, 0.29) is 4.90 Å². The molecule has 7 rings (SSSR count). The lowest BCUT2D eigenvalue weighted by atomic mass is 10.0. The highest BCUT2D eigenvalue weighted by Gasteiger charge is 2.24. The molecule has 9 nitrogen and oxygen atoms in total. The van der Waals surface area contributed by atoms with Crippen molar-refractivity contribution in [1.82, 2.24) is 24.2 Å². The van der Waals surface area contributed by atoms with Crippen LogP contribution in [0.15, 0.2) is 96.3 Å². The first-order valence-corrected chi connectivity index (χ1v) is 17.5. The molecule has 0 unspecified atom stereocenters. The molecule has 1 aliphatic rings. The molecule has 244 valence electrons. The van der Waals surface area contributed by atoms with E-state index in [0.717, 1.165) is 76.8 Å². The summed E-state index contributed by atoms with van der Waals surface area (Å²) < 4.78 is 41.0. The van der Waals surface area contributed by atoms with E-state index in [9.17, 15) is 8.42 Å². The number of rotatable bonds is 9. The summed E-state index contributed by atoms with van der Waals surface area (Å²) in [6.07, 6.45) is 5.29. The Bertz CT molecular complexity index is 2100. The summed E-state index contributed by atoms with van der Waals surface area (Å²) in [5, 5.41) is 5.14. The molecule has 1 fully saturated rings. The Kier molecular flexibility index (Phi) is 9.63. The minimum Gasteiger partial charge on any atom is -0.493 e. The Morgan fingerprint density at radius 2 is 1.64 bits per heavy atom. The predicted molar refractivity (Wildman–Crippen MR) is 189 cm³/mol. The number of aromatic amines is 1. The normalized spacial score (nSPS) is 13.8. The van der Waals surface area contributed by atoms with Gasteiger partial charge in [-0.1, -0.05) is 43.7 Å². The van der Waals surface area contributed by atoms with Gasteiger partial charge in [0.25, 0.3) is 10.0 Å². The third-order valence-electron chi connectivity index (χ3n) is 8.43. The van der Waals surface area contributed by atoms with E-state index >= 15 is 0 Å². The summed E-state index contributed by atoms with van der Waals surface area (Å²) in [7, 11) is -2.27. The average molecular weight is 652 g/mol. The number of hydrogen-bond donors (Lipinski definition) is 2. The lowest BCUT2D eigenvalue weighted by Gasteiger charge is -2.27. The molecule has 4 heterocycles. The number of fused-ring (bicyclic) bond motifs is 2. The zero-order valence-corrected chi connectivity index (χ0v) is 28.1. The Morgan fingerprint density at radius 1 is 0.872 bits per heavy atom. The van der Waals surface area contributed by atoms with Crippen LogP contribution in [0.3, 0.4) is 0 Å². The fraction of sp³-hybridized carbons (Fsp3) is 0.270. The summed E-state index contributed by atoms with van der Waals surface area (Å²) >= 11 is 0. The summed E-state index contributed by atoms with van der Waals surface area (Å²) in [5.41, 5.74) is 5.76. The topological polar surface area (TPSA) is 101 Å². The average Bonchev–Trinajstić information content (AvgIpc) is 3.75. The number of pyridine rings is 1. The maximum absolute atomic E-state index is 13.9. The van der Waals surface area contributed by atoms with Gasteiger partial charge in [-0.3, -0.25) is 4.90 Å². The highest BCUT2D eigenvalue weighted by molar-refractivity contribution is 7.90. The smallest absolute Gasteiger partial charge is 0.269 e. The number of nitrogens with zero attached hydrogens (tertiary/aromatic N) is 3. The summed E-state index contributed by atoms with van der Waals surface area (Å²) in [4.78, 5) is 10.6. The minimum absolute atomic E-state index is 0.209. The van der Waals surface area contributed by atoms with Crippen LogP contribution in [0.25, 0.3) is 44.2 Å². The highest BCUT2D eigenvalue weighted by atomic mass is 32.2. The van der Waals surface area contributed by atoms with Crippen LogP contribution in [-0.4, -0.2) is 73.7 Å². The van der Waals surface area contributed by atoms with Gasteiger partial charge in [0, 0.05) is 73.3 Å². The first kappa shape index (κ1) is 32.3. The zero-order valence-electron chi connectivity index (χ0n) is 27.3. The molecule has 0 radical (unpaired) electrons. The standard InChI is InChI=1S/C35H35N5O4S.C2H6/c1-24-3-7-29(8-4-24)45(41,42)40-23-31(26-5-9-32-27(19-26)11-12-37-32)30-20-28(22-38-35(30)40)25-6-10-33(34(21-25)43-2)44-18-17-39-15-13-36-14-16-39;1-2/h3-12,19-23,36-37H,13-18H2,1-2H3;1-2H3. The van der Waals surface area contributed by atoms with Gasteiger partial charge in [-0.2, -0.15) is 0 Å². The van der Waals surface area contributed by atoms with Gasteiger partial charge in [0.15, 0.2) is 17.1 Å². The number of methoxy groups -OCH3 is 1. The van der Waals surface area contributed by atoms with Crippen molar-refractivity contribution in [3.63, 3.8) is 0 Å². The number of aryl methyl sites for hydroxylation is 1. The van der Waals surface area contributed by atoms with Crippen LogP contribution in [-0.2, 0) is 10.0 Å². The second-order valence-corrected chi connectivity index (χ2v) is 13.2. The number of piperazine rings is 1. The van der Waals surface area contributed by atoms with Gasteiger partial charge >= 0.3 is 0 Å². The molecule has 10 heteroatoms. The first-order valence-electron chi connectivity index (χ1n) is 16.1. The minimum atomic E-state index is -3.91. The van der Waals surface area contributed by atoms with E-state index in [1.807, 2.05) is 69.4 Å². The van der Waals surface area contributed by atoms with Crippen LogP contribution >= 0.6 is 0 Å². The summed E-state index contributed by atoms with van der Waals surface area (Å²) in [6, 6.07) is 22.8. The van der Waals surface area contributed by atoms with Crippen molar-refractivity contribution in [3.8, 4) is 33.8 Å². The number of ether oxygens (including phenoxy) is 2. The molecular formula is C37H41N5O4S.